The van der Waals surface area contributed by atoms with Gasteiger partial charge >= 0.3 is 11.9 Å². The normalized spacial score (nSPS) is 13.6. The smallest absolute Gasteiger partial charge is 0.333 e. The van der Waals surface area contributed by atoms with Crippen LogP contribution in [0.15, 0.2) is 0 Å². The van der Waals surface area contributed by atoms with Gasteiger partial charge in [-0.25, -0.2) is 4.79 Å². The highest BCUT2D eigenvalue weighted by molar-refractivity contribution is 7.98. The molecule has 0 fully saturated rings. The summed E-state index contributed by atoms with van der Waals surface area (Å²) in [6.07, 6.45) is 2.44. The lowest BCUT2D eigenvalue weighted by atomic mass is 10.0. The van der Waals surface area contributed by atoms with E-state index in [2.05, 4.69) is 10.1 Å². The van der Waals surface area contributed by atoms with E-state index in [1.807, 2.05) is 6.26 Å². The Morgan fingerprint density at radius 2 is 2.00 bits per heavy atom. The summed E-state index contributed by atoms with van der Waals surface area (Å²) in [4.78, 5) is 33.4. The zero-order valence-corrected chi connectivity index (χ0v) is 12.0. The van der Waals surface area contributed by atoms with Crippen LogP contribution in [0.1, 0.15) is 19.8 Å². The molecule has 0 aliphatic carbocycles. The zero-order chi connectivity index (χ0) is 14.9. The third kappa shape index (κ3) is 8.57. The Morgan fingerprint density at radius 1 is 1.37 bits per heavy atom. The quantitative estimate of drug-likeness (QED) is 0.282. The first kappa shape index (κ1) is 17.9. The van der Waals surface area contributed by atoms with Crippen molar-refractivity contribution in [1.82, 2.24) is 5.32 Å². The number of nitrogens with one attached hydrogen (secondary N) is 1. The molecule has 8 heteroatoms. The van der Waals surface area contributed by atoms with Crippen molar-refractivity contribution in [3.05, 3.63) is 0 Å². The van der Waals surface area contributed by atoms with Crippen molar-refractivity contribution < 1.29 is 19.1 Å². The number of rotatable bonds is 9. The molecule has 0 bridgehead atoms. The first-order valence-electron chi connectivity index (χ1n) is 5.81. The molecule has 0 saturated heterocycles. The van der Waals surface area contributed by atoms with E-state index in [9.17, 15) is 14.4 Å². The SMILES string of the molecule is CSCC[C@@](C)(N)C(=O)OC(=O)CNCCC(N)=O. The second kappa shape index (κ2) is 8.89. The van der Waals surface area contributed by atoms with Crippen LogP contribution in [0, 0.1) is 0 Å². The summed E-state index contributed by atoms with van der Waals surface area (Å²) < 4.78 is 4.63. The Balaban J connectivity index is 3.97. The number of hydrogen-bond acceptors (Lipinski definition) is 7. The topological polar surface area (TPSA) is 125 Å². The maximum atomic E-state index is 11.6. The van der Waals surface area contributed by atoms with Crippen molar-refractivity contribution in [3.8, 4) is 0 Å². The lowest BCUT2D eigenvalue weighted by Gasteiger charge is -2.21. The summed E-state index contributed by atoms with van der Waals surface area (Å²) >= 11 is 1.56. The molecule has 0 aromatic carbocycles. The van der Waals surface area contributed by atoms with Crippen LogP contribution in [0.3, 0.4) is 0 Å². The van der Waals surface area contributed by atoms with Crippen LogP contribution >= 0.6 is 11.8 Å². The number of carbonyl (C=O) groups excluding carboxylic acids is 3. The van der Waals surface area contributed by atoms with Gasteiger partial charge in [-0.3, -0.25) is 9.59 Å². The molecular formula is C11H21N3O4S. The molecule has 110 valence electrons. The van der Waals surface area contributed by atoms with E-state index in [0.29, 0.717) is 12.2 Å². The number of amides is 1. The molecule has 0 unspecified atom stereocenters. The van der Waals surface area contributed by atoms with Gasteiger partial charge in [0, 0.05) is 13.0 Å². The van der Waals surface area contributed by atoms with Crippen LogP contribution in [0.4, 0.5) is 0 Å². The van der Waals surface area contributed by atoms with E-state index in [1.165, 1.54) is 6.92 Å². The van der Waals surface area contributed by atoms with E-state index in [4.69, 9.17) is 11.5 Å². The second-order valence-corrected chi connectivity index (χ2v) is 5.30. The van der Waals surface area contributed by atoms with E-state index in [-0.39, 0.29) is 19.5 Å². The summed E-state index contributed by atoms with van der Waals surface area (Å²) in [5.41, 5.74) is 9.52. The lowest BCUT2D eigenvalue weighted by Crippen LogP contribution is -2.48. The van der Waals surface area contributed by atoms with E-state index < -0.39 is 23.4 Å². The number of ether oxygens (including phenoxy) is 1. The zero-order valence-electron chi connectivity index (χ0n) is 11.2. The molecule has 1 amide bonds. The van der Waals surface area contributed by atoms with Crippen LogP contribution in [0.5, 0.6) is 0 Å². The van der Waals surface area contributed by atoms with Crippen LogP contribution in [0.2, 0.25) is 0 Å². The third-order valence-electron chi connectivity index (χ3n) is 2.32. The average Bonchev–Trinajstić information content (AvgIpc) is 2.32. The van der Waals surface area contributed by atoms with Crippen LogP contribution in [-0.4, -0.2) is 48.5 Å². The molecule has 0 heterocycles. The predicted octanol–water partition coefficient (Wildman–Crippen LogP) is -1.01. The highest BCUT2D eigenvalue weighted by Crippen LogP contribution is 2.11. The van der Waals surface area contributed by atoms with Gasteiger partial charge in [-0.1, -0.05) is 0 Å². The second-order valence-electron chi connectivity index (χ2n) is 4.31. The van der Waals surface area contributed by atoms with Crippen LogP contribution in [-0.2, 0) is 19.1 Å². The standard InChI is InChI=1S/C11H21N3O4S/c1-11(13,4-6-19-2)10(17)18-9(16)7-14-5-3-8(12)15/h14H,3-7,13H2,1-2H3,(H2,12,15)/t11-/m1/s1. The van der Waals surface area contributed by atoms with Crippen molar-refractivity contribution in [2.24, 2.45) is 11.5 Å². The van der Waals surface area contributed by atoms with Gasteiger partial charge in [0.2, 0.25) is 5.91 Å². The molecule has 5 N–H and O–H groups in total. The summed E-state index contributed by atoms with van der Waals surface area (Å²) in [5.74, 6) is -1.24. The van der Waals surface area contributed by atoms with Gasteiger partial charge in [0.1, 0.15) is 5.54 Å². The van der Waals surface area contributed by atoms with Gasteiger partial charge in [0.05, 0.1) is 6.54 Å². The number of esters is 2. The molecule has 0 aromatic rings. The monoisotopic (exact) mass is 291 g/mol. The Kier molecular flexibility index (Phi) is 8.37. The molecule has 0 rings (SSSR count). The molecule has 0 aliphatic heterocycles. The molecule has 0 aliphatic rings. The summed E-state index contributed by atoms with van der Waals surface area (Å²) in [6.45, 7) is 1.61. The molecule has 0 spiro atoms. The summed E-state index contributed by atoms with van der Waals surface area (Å²) in [6, 6.07) is 0. The maximum Gasteiger partial charge on any atom is 0.333 e. The summed E-state index contributed by atoms with van der Waals surface area (Å²) in [7, 11) is 0. The number of thioether (sulfide) groups is 1. The van der Waals surface area contributed by atoms with E-state index in [1.54, 1.807) is 11.8 Å². The minimum atomic E-state index is -1.17. The van der Waals surface area contributed by atoms with E-state index >= 15 is 0 Å². The molecule has 0 aromatic heterocycles. The molecule has 1 atom stereocenters. The molecular weight excluding hydrogens is 270 g/mol. The van der Waals surface area contributed by atoms with Crippen molar-refractivity contribution in [3.63, 3.8) is 0 Å². The van der Waals surface area contributed by atoms with Crippen LogP contribution < -0.4 is 16.8 Å². The first-order valence-corrected chi connectivity index (χ1v) is 7.21. The van der Waals surface area contributed by atoms with Gasteiger partial charge in [-0.05, 0) is 25.4 Å². The van der Waals surface area contributed by atoms with Crippen molar-refractivity contribution in [2.45, 2.75) is 25.3 Å². The molecule has 7 nitrogen and oxygen atoms in total. The molecule has 19 heavy (non-hydrogen) atoms. The Bertz CT molecular complexity index is 334. The predicted molar refractivity (Wildman–Crippen MR) is 73.4 cm³/mol. The van der Waals surface area contributed by atoms with Gasteiger partial charge < -0.3 is 21.5 Å². The number of primary amides is 1. The van der Waals surface area contributed by atoms with Crippen molar-refractivity contribution in [2.75, 3.05) is 25.1 Å². The highest BCUT2D eigenvalue weighted by Gasteiger charge is 2.31. The van der Waals surface area contributed by atoms with E-state index in [0.717, 1.165) is 0 Å². The van der Waals surface area contributed by atoms with Gasteiger partial charge in [0.25, 0.3) is 0 Å². The Hall–Kier alpha value is -1.12. The molecule has 0 saturated carbocycles. The van der Waals surface area contributed by atoms with Crippen molar-refractivity contribution >= 4 is 29.6 Å². The lowest BCUT2D eigenvalue weighted by molar-refractivity contribution is -0.162. The third-order valence-corrected chi connectivity index (χ3v) is 2.93. The van der Waals surface area contributed by atoms with Crippen molar-refractivity contribution in [1.29, 1.82) is 0 Å². The summed E-state index contributed by atoms with van der Waals surface area (Å²) in [5, 5.41) is 2.64. The molecule has 0 radical (unpaired) electrons. The Labute approximate surface area is 116 Å². The Morgan fingerprint density at radius 3 is 2.53 bits per heavy atom. The minimum Gasteiger partial charge on any atom is -0.391 e. The maximum absolute atomic E-state index is 11.6. The number of nitrogens with two attached hydrogens (primary N) is 2. The number of hydrogen-bond donors (Lipinski definition) is 3. The largest absolute Gasteiger partial charge is 0.391 e. The fourth-order valence-electron chi connectivity index (χ4n) is 1.07. The van der Waals surface area contributed by atoms with Gasteiger partial charge in [-0.2, -0.15) is 11.8 Å². The average molecular weight is 291 g/mol. The van der Waals surface area contributed by atoms with Crippen LogP contribution in [0.25, 0.3) is 0 Å². The minimum absolute atomic E-state index is 0.115. The van der Waals surface area contributed by atoms with Gasteiger partial charge in [0.15, 0.2) is 0 Å². The fourth-order valence-corrected chi connectivity index (χ4v) is 1.70. The first-order chi connectivity index (χ1) is 8.79. The fraction of sp³-hybridized carbons (Fsp3) is 0.727. The number of carbonyl (C=O) groups is 3. The highest BCUT2D eigenvalue weighted by atomic mass is 32.2. The van der Waals surface area contributed by atoms with Gasteiger partial charge in [-0.15, -0.1) is 0 Å².